The van der Waals surface area contributed by atoms with Crippen LogP contribution in [-0.2, 0) is 0 Å². The molecule has 3 nitrogen and oxygen atoms in total. The Balaban J connectivity index is 0.000000231. The van der Waals surface area contributed by atoms with Gasteiger partial charge in [-0.3, -0.25) is 9.78 Å². The molecule has 0 N–H and O–H groups in total. The van der Waals surface area contributed by atoms with Crippen LogP contribution in [0.25, 0.3) is 32.8 Å². The molecule has 6 aromatic rings. The van der Waals surface area contributed by atoms with Gasteiger partial charge in [0.25, 0.3) is 0 Å². The topological polar surface area (TPSA) is 33.2 Å². The zero-order valence-corrected chi connectivity index (χ0v) is 22.3. The van der Waals surface area contributed by atoms with E-state index >= 15 is 0 Å². The molecule has 0 unspecified atom stereocenters. The van der Waals surface area contributed by atoms with E-state index in [-0.39, 0.29) is 5.78 Å². The van der Waals surface area contributed by atoms with Crippen LogP contribution in [-0.4, -0.2) is 17.8 Å². The van der Waals surface area contributed by atoms with Crippen molar-refractivity contribution >= 4 is 44.9 Å². The zero-order chi connectivity index (χ0) is 26.6. The van der Waals surface area contributed by atoms with Crippen LogP contribution < -0.4 is 4.90 Å². The molecule has 1 aliphatic rings. The van der Waals surface area contributed by atoms with E-state index in [1.807, 2.05) is 80.0 Å². The number of pyridine rings is 1. The van der Waals surface area contributed by atoms with Crippen LogP contribution in [0, 0.1) is 0 Å². The summed E-state index contributed by atoms with van der Waals surface area (Å²) in [6, 6.07) is 42.9. The molecule has 1 aliphatic heterocycles. The third-order valence-electron chi connectivity index (χ3n) is 6.77. The Morgan fingerprint density at radius 3 is 2.23 bits per heavy atom. The highest BCUT2D eigenvalue weighted by atomic mass is 32.2. The van der Waals surface area contributed by atoms with Gasteiger partial charge in [-0.2, -0.15) is 0 Å². The molecule has 0 radical (unpaired) electrons. The number of allylic oxidation sites excluding steroid dienone is 1. The smallest absolute Gasteiger partial charge is 0.188 e. The first-order chi connectivity index (χ1) is 19.2. The van der Waals surface area contributed by atoms with Crippen LogP contribution in [0.4, 0.5) is 5.69 Å². The average Bonchev–Trinajstić information content (AvgIpc) is 3.31. The Morgan fingerprint density at radius 1 is 0.692 bits per heavy atom. The van der Waals surface area contributed by atoms with E-state index in [0.717, 1.165) is 27.0 Å². The van der Waals surface area contributed by atoms with Gasteiger partial charge in [0.05, 0.1) is 16.2 Å². The van der Waals surface area contributed by atoms with Crippen molar-refractivity contribution in [3.8, 4) is 11.1 Å². The molecule has 0 atom stereocenters. The van der Waals surface area contributed by atoms with Gasteiger partial charge >= 0.3 is 0 Å². The molecule has 0 aliphatic carbocycles. The van der Waals surface area contributed by atoms with Crippen LogP contribution in [0.3, 0.4) is 0 Å². The van der Waals surface area contributed by atoms with Gasteiger partial charge in [0, 0.05) is 35.2 Å². The maximum Gasteiger partial charge on any atom is 0.188 e. The van der Waals surface area contributed by atoms with Gasteiger partial charge in [-0.1, -0.05) is 109 Å². The van der Waals surface area contributed by atoms with Gasteiger partial charge < -0.3 is 4.90 Å². The number of thioether (sulfide) groups is 1. The van der Waals surface area contributed by atoms with Crippen molar-refractivity contribution in [2.75, 3.05) is 11.9 Å². The van der Waals surface area contributed by atoms with Gasteiger partial charge in [0.15, 0.2) is 5.78 Å². The number of nitrogens with zero attached hydrogens (tertiary/aromatic N) is 2. The molecule has 188 valence electrons. The highest BCUT2D eigenvalue weighted by Gasteiger charge is 2.23. The Kier molecular flexibility index (Phi) is 6.94. The van der Waals surface area contributed by atoms with E-state index in [9.17, 15) is 4.79 Å². The molecular weight excluding hydrogens is 496 g/mol. The fourth-order valence-corrected chi connectivity index (χ4v) is 5.72. The second-order valence-electron chi connectivity index (χ2n) is 9.31. The highest BCUT2D eigenvalue weighted by Crippen LogP contribution is 2.46. The largest absolute Gasteiger partial charge is 0.338 e. The number of hydrogen-bond acceptors (Lipinski definition) is 4. The number of benzene rings is 5. The number of fused-ring (bicyclic) bond motifs is 3. The van der Waals surface area contributed by atoms with Gasteiger partial charge in [-0.05, 0) is 52.2 Å². The molecule has 39 heavy (non-hydrogen) atoms. The number of carbonyl (C=O) groups excluding carboxylic acids is 1. The lowest BCUT2D eigenvalue weighted by atomic mass is 10.0. The second-order valence-corrected chi connectivity index (χ2v) is 10.4. The second kappa shape index (κ2) is 11.0. The van der Waals surface area contributed by atoms with Crippen molar-refractivity contribution in [1.82, 2.24) is 4.98 Å². The minimum atomic E-state index is 0.0289. The molecular formula is C35H26N2OS. The van der Waals surface area contributed by atoms with Crippen molar-refractivity contribution in [2.45, 2.75) is 4.90 Å². The molecule has 0 saturated carbocycles. The number of carbonyl (C=O) groups is 1. The number of anilines is 1. The molecule has 0 fully saturated rings. The van der Waals surface area contributed by atoms with E-state index in [1.54, 1.807) is 17.8 Å². The first-order valence-electron chi connectivity index (χ1n) is 12.8. The van der Waals surface area contributed by atoms with Crippen LogP contribution in [0.1, 0.15) is 10.4 Å². The first kappa shape index (κ1) is 24.7. The third kappa shape index (κ3) is 5.33. The fraction of sp³-hybridized carbons (Fsp3) is 0.0286. The predicted molar refractivity (Wildman–Crippen MR) is 164 cm³/mol. The number of hydrogen-bond donors (Lipinski definition) is 0. The van der Waals surface area contributed by atoms with Crippen LogP contribution in [0.15, 0.2) is 150 Å². The molecule has 7 rings (SSSR count). The predicted octanol–water partition coefficient (Wildman–Crippen LogP) is 9.01. The van der Waals surface area contributed by atoms with Crippen LogP contribution in [0.5, 0.6) is 0 Å². The molecule has 0 amide bonds. The molecule has 4 heteroatoms. The van der Waals surface area contributed by atoms with E-state index in [4.69, 9.17) is 0 Å². The van der Waals surface area contributed by atoms with Crippen molar-refractivity contribution in [2.24, 2.45) is 0 Å². The lowest BCUT2D eigenvalue weighted by molar-refractivity contribution is 0.104. The molecule has 1 aromatic heterocycles. The van der Waals surface area contributed by atoms with Gasteiger partial charge in [-0.15, -0.1) is 0 Å². The summed E-state index contributed by atoms with van der Waals surface area (Å²) in [5.41, 5.74) is 5.28. The van der Waals surface area contributed by atoms with Gasteiger partial charge in [-0.25, -0.2) is 0 Å². The normalized spacial score (nSPS) is 13.3. The summed E-state index contributed by atoms with van der Waals surface area (Å²) in [7, 11) is 2.02. The van der Waals surface area contributed by atoms with Crippen LogP contribution in [0.2, 0.25) is 0 Å². The maximum atomic E-state index is 12.9. The number of para-hydroxylation sites is 1. The summed E-state index contributed by atoms with van der Waals surface area (Å²) in [5.74, 6) is 0.0289. The maximum absolute atomic E-state index is 12.9. The molecule has 2 heterocycles. The van der Waals surface area contributed by atoms with E-state index in [2.05, 4.69) is 70.5 Å². The zero-order valence-electron chi connectivity index (χ0n) is 21.5. The number of rotatable bonds is 3. The third-order valence-corrected chi connectivity index (χ3v) is 7.94. The molecule has 0 bridgehead atoms. The average molecular weight is 523 g/mol. The van der Waals surface area contributed by atoms with Gasteiger partial charge in [0.2, 0.25) is 0 Å². The van der Waals surface area contributed by atoms with E-state index in [1.165, 1.54) is 21.4 Å². The SMILES string of the molecule is CN1C(=CC(=O)c2ccc3ccccc3c2)Sc2ccc(-c3ccccc3)cc21.c1ccc2ncccc2c1. The Morgan fingerprint density at radius 2 is 1.41 bits per heavy atom. The summed E-state index contributed by atoms with van der Waals surface area (Å²) < 4.78 is 0. The summed E-state index contributed by atoms with van der Waals surface area (Å²) in [5, 5.41) is 4.37. The lowest BCUT2D eigenvalue weighted by Gasteiger charge is -2.14. The van der Waals surface area contributed by atoms with Crippen molar-refractivity contribution < 1.29 is 4.79 Å². The minimum absolute atomic E-state index is 0.0289. The molecule has 5 aromatic carbocycles. The summed E-state index contributed by atoms with van der Waals surface area (Å²) in [6.07, 6.45) is 3.55. The summed E-state index contributed by atoms with van der Waals surface area (Å²) in [6.45, 7) is 0. The van der Waals surface area contributed by atoms with Crippen molar-refractivity contribution in [3.63, 3.8) is 0 Å². The van der Waals surface area contributed by atoms with E-state index < -0.39 is 0 Å². The Hall–Kier alpha value is -4.67. The number of ketones is 1. The highest BCUT2D eigenvalue weighted by molar-refractivity contribution is 8.03. The Bertz CT molecular complexity index is 1760. The van der Waals surface area contributed by atoms with Crippen molar-refractivity contribution in [3.05, 3.63) is 150 Å². The van der Waals surface area contributed by atoms with Crippen LogP contribution >= 0.6 is 11.8 Å². The Labute approximate surface area is 232 Å². The lowest BCUT2D eigenvalue weighted by Crippen LogP contribution is -2.11. The quantitative estimate of drug-likeness (QED) is 0.171. The first-order valence-corrected chi connectivity index (χ1v) is 13.6. The molecule has 0 saturated heterocycles. The van der Waals surface area contributed by atoms with Gasteiger partial charge in [0.1, 0.15) is 0 Å². The summed E-state index contributed by atoms with van der Waals surface area (Å²) in [4.78, 5) is 20.4. The summed E-state index contributed by atoms with van der Waals surface area (Å²) >= 11 is 1.64. The number of aromatic nitrogens is 1. The minimum Gasteiger partial charge on any atom is -0.338 e. The standard InChI is InChI=1S/C26H19NOS.C9H7N/c1-27-23-16-21(18-7-3-2-4-8-18)13-14-25(23)29-26(27)17-24(28)22-12-11-19-9-5-6-10-20(19)15-22;1-2-6-9-8(4-1)5-3-7-10-9/h2-17H,1H3;1-7H. The monoisotopic (exact) mass is 522 g/mol. The fourth-order valence-electron chi connectivity index (χ4n) is 4.66. The molecule has 0 spiro atoms. The van der Waals surface area contributed by atoms with Crippen molar-refractivity contribution in [1.29, 1.82) is 0 Å². The van der Waals surface area contributed by atoms with E-state index in [0.29, 0.717) is 5.56 Å².